The van der Waals surface area contributed by atoms with E-state index in [0.717, 1.165) is 0 Å². The Morgan fingerprint density at radius 3 is 2.35 bits per heavy atom. The van der Waals surface area contributed by atoms with Gasteiger partial charge in [-0.05, 0) is 24.8 Å². The summed E-state index contributed by atoms with van der Waals surface area (Å²) >= 11 is 0. The Balaban J connectivity index is 2.71. The minimum absolute atomic E-state index is 0.0212. The SMILES string of the molecule is CNS(=O)(=O)C1=CC=CC(=S(=O)=O)C1c1ccccc1. The fourth-order valence-corrected chi connectivity index (χ4v) is 3.85. The highest BCUT2D eigenvalue weighted by atomic mass is 32.2. The fraction of sp³-hybridized carbons (Fsp3) is 0.154. The van der Waals surface area contributed by atoms with Crippen LogP contribution in [-0.4, -0.2) is 28.7 Å². The topological polar surface area (TPSA) is 80.3 Å². The molecule has 1 N–H and O–H groups in total. The number of sulfonamides is 1. The van der Waals surface area contributed by atoms with Gasteiger partial charge in [0.05, 0.1) is 15.7 Å². The number of benzene rings is 1. The number of hydrogen-bond donors (Lipinski definition) is 1. The summed E-state index contributed by atoms with van der Waals surface area (Å²) in [6.45, 7) is 0. The van der Waals surface area contributed by atoms with Crippen LogP contribution in [0.25, 0.3) is 0 Å². The maximum absolute atomic E-state index is 12.1. The van der Waals surface area contributed by atoms with Crippen LogP contribution in [0, 0.1) is 0 Å². The average Bonchev–Trinajstić information content (AvgIpc) is 2.47. The lowest BCUT2D eigenvalue weighted by Crippen LogP contribution is -2.28. The van der Waals surface area contributed by atoms with Crippen LogP contribution in [-0.2, 0) is 20.3 Å². The molecule has 0 heterocycles. The maximum Gasteiger partial charge on any atom is 0.237 e. The van der Waals surface area contributed by atoms with E-state index in [0.29, 0.717) is 5.56 Å². The van der Waals surface area contributed by atoms with Gasteiger partial charge in [-0.1, -0.05) is 36.4 Å². The van der Waals surface area contributed by atoms with Crippen LogP contribution in [0.1, 0.15) is 11.5 Å². The van der Waals surface area contributed by atoms with Crippen molar-refractivity contribution in [2.45, 2.75) is 5.92 Å². The third-order valence-corrected chi connectivity index (χ3v) is 5.28. The molecule has 0 radical (unpaired) electrons. The zero-order valence-corrected chi connectivity index (χ0v) is 12.3. The van der Waals surface area contributed by atoms with Gasteiger partial charge in [0.25, 0.3) is 0 Å². The van der Waals surface area contributed by atoms with E-state index >= 15 is 0 Å². The smallest absolute Gasteiger partial charge is 0.214 e. The van der Waals surface area contributed by atoms with Gasteiger partial charge in [0.1, 0.15) is 0 Å². The predicted molar refractivity (Wildman–Crippen MR) is 78.3 cm³/mol. The van der Waals surface area contributed by atoms with Crippen LogP contribution in [0.4, 0.5) is 0 Å². The van der Waals surface area contributed by atoms with Gasteiger partial charge in [-0.25, -0.2) is 13.1 Å². The van der Waals surface area contributed by atoms with Crippen molar-refractivity contribution in [3.8, 4) is 0 Å². The fourth-order valence-electron chi connectivity index (χ4n) is 2.06. The molecule has 1 aliphatic rings. The summed E-state index contributed by atoms with van der Waals surface area (Å²) in [6.07, 6.45) is 4.25. The van der Waals surface area contributed by atoms with Gasteiger partial charge >= 0.3 is 0 Å². The Bertz CT molecular complexity index is 795. The van der Waals surface area contributed by atoms with Crippen LogP contribution < -0.4 is 4.72 Å². The van der Waals surface area contributed by atoms with Crippen LogP contribution in [0.3, 0.4) is 0 Å². The Morgan fingerprint density at radius 2 is 1.80 bits per heavy atom. The lowest BCUT2D eigenvalue weighted by atomic mass is 9.92. The normalized spacial score (nSPS) is 18.8. The minimum Gasteiger partial charge on any atom is -0.214 e. The molecule has 20 heavy (non-hydrogen) atoms. The van der Waals surface area contributed by atoms with Crippen molar-refractivity contribution in [3.63, 3.8) is 0 Å². The summed E-state index contributed by atoms with van der Waals surface area (Å²) in [5.41, 5.74) is 0.612. The summed E-state index contributed by atoms with van der Waals surface area (Å²) in [7, 11) is -4.92. The number of hydrogen-bond acceptors (Lipinski definition) is 4. The first-order valence-corrected chi connectivity index (χ1v) is 8.36. The average molecular weight is 311 g/mol. The van der Waals surface area contributed by atoms with Crippen LogP contribution in [0.15, 0.2) is 53.5 Å². The van der Waals surface area contributed by atoms with E-state index in [2.05, 4.69) is 4.72 Å². The molecule has 0 spiro atoms. The highest BCUT2D eigenvalue weighted by molar-refractivity contribution is 7.93. The lowest BCUT2D eigenvalue weighted by molar-refractivity contribution is 0.592. The molecule has 1 aromatic carbocycles. The second kappa shape index (κ2) is 5.74. The van der Waals surface area contributed by atoms with Crippen LogP contribution in [0.2, 0.25) is 0 Å². The van der Waals surface area contributed by atoms with E-state index in [1.807, 2.05) is 0 Å². The van der Waals surface area contributed by atoms with E-state index in [4.69, 9.17) is 0 Å². The molecule has 1 unspecified atom stereocenters. The first-order valence-electron chi connectivity index (χ1n) is 5.80. The molecule has 0 aliphatic heterocycles. The van der Waals surface area contributed by atoms with Gasteiger partial charge in [0, 0.05) is 0 Å². The molecule has 0 saturated carbocycles. The molecule has 0 bridgehead atoms. The molecule has 0 aromatic heterocycles. The maximum atomic E-state index is 12.1. The molecule has 0 fully saturated rings. The molecule has 2 rings (SSSR count). The van der Waals surface area contributed by atoms with Crippen molar-refractivity contribution in [2.75, 3.05) is 7.05 Å². The highest BCUT2D eigenvalue weighted by Crippen LogP contribution is 2.32. The van der Waals surface area contributed by atoms with E-state index in [9.17, 15) is 16.8 Å². The Kier molecular flexibility index (Phi) is 4.22. The molecule has 1 aliphatic carbocycles. The molecule has 0 amide bonds. The van der Waals surface area contributed by atoms with Gasteiger partial charge in [-0.15, -0.1) is 0 Å². The second-order valence-corrected chi connectivity index (χ2v) is 6.94. The third kappa shape index (κ3) is 2.74. The third-order valence-electron chi connectivity index (χ3n) is 2.99. The van der Waals surface area contributed by atoms with Gasteiger partial charge in [-0.3, -0.25) is 0 Å². The predicted octanol–water partition coefficient (Wildman–Crippen LogP) is 0.825. The van der Waals surface area contributed by atoms with E-state index in [-0.39, 0.29) is 9.77 Å². The number of allylic oxidation sites excluding steroid dienone is 4. The number of nitrogens with one attached hydrogen (secondary N) is 1. The van der Waals surface area contributed by atoms with E-state index in [1.165, 1.54) is 25.3 Å². The second-order valence-electron chi connectivity index (χ2n) is 4.12. The summed E-state index contributed by atoms with van der Waals surface area (Å²) in [6, 6.07) is 8.67. The Morgan fingerprint density at radius 1 is 1.15 bits per heavy atom. The first-order chi connectivity index (χ1) is 9.47. The molecule has 5 nitrogen and oxygen atoms in total. The highest BCUT2D eigenvalue weighted by Gasteiger charge is 2.31. The monoisotopic (exact) mass is 311 g/mol. The van der Waals surface area contributed by atoms with E-state index < -0.39 is 26.2 Å². The van der Waals surface area contributed by atoms with E-state index in [1.54, 1.807) is 30.3 Å². The summed E-state index contributed by atoms with van der Waals surface area (Å²) in [5, 5.41) is 0. The van der Waals surface area contributed by atoms with Crippen molar-refractivity contribution < 1.29 is 16.8 Å². The minimum atomic E-state index is -3.72. The standard InChI is InChI=1S/C13H13NO4S2/c1-14-20(17,18)12-9-5-8-11(19(15)16)13(12)10-6-3-2-4-7-10/h2-9,13-14H,1H3. The van der Waals surface area contributed by atoms with Gasteiger partial charge < -0.3 is 0 Å². The van der Waals surface area contributed by atoms with Crippen LogP contribution in [0.5, 0.6) is 0 Å². The van der Waals surface area contributed by atoms with Crippen molar-refractivity contribution in [1.82, 2.24) is 4.72 Å². The van der Waals surface area contributed by atoms with Crippen molar-refractivity contribution >= 4 is 25.2 Å². The molecule has 7 heteroatoms. The zero-order chi connectivity index (χ0) is 14.8. The number of rotatable bonds is 3. The molecule has 106 valence electrons. The van der Waals surface area contributed by atoms with Crippen molar-refractivity contribution in [2.24, 2.45) is 0 Å². The summed E-state index contributed by atoms with van der Waals surface area (Å²) < 4.78 is 49.1. The van der Waals surface area contributed by atoms with Crippen molar-refractivity contribution in [1.29, 1.82) is 0 Å². The van der Waals surface area contributed by atoms with Gasteiger partial charge in [-0.2, -0.15) is 8.42 Å². The molecular weight excluding hydrogens is 298 g/mol. The molecule has 1 atom stereocenters. The quantitative estimate of drug-likeness (QED) is 0.838. The molecule has 1 aromatic rings. The van der Waals surface area contributed by atoms with Crippen LogP contribution >= 0.6 is 0 Å². The molecule has 0 saturated heterocycles. The van der Waals surface area contributed by atoms with Crippen molar-refractivity contribution in [3.05, 3.63) is 59.0 Å². The zero-order valence-electron chi connectivity index (χ0n) is 10.6. The summed E-state index contributed by atoms with van der Waals surface area (Å²) in [5.74, 6) is -0.822. The summed E-state index contributed by atoms with van der Waals surface area (Å²) in [4.78, 5) is 0.0559. The van der Waals surface area contributed by atoms with Gasteiger partial charge in [0.2, 0.25) is 20.3 Å². The molecular formula is C13H13NO4S2. The largest absolute Gasteiger partial charge is 0.237 e. The first kappa shape index (κ1) is 14.7. The van der Waals surface area contributed by atoms with Gasteiger partial charge in [0.15, 0.2) is 0 Å². The Hall–Kier alpha value is -1.70. The Labute approximate surface area is 119 Å². The lowest BCUT2D eigenvalue weighted by Gasteiger charge is -2.21.